The zero-order valence-corrected chi connectivity index (χ0v) is 19.9. The monoisotopic (exact) mass is 500 g/mol. The van der Waals surface area contributed by atoms with Crippen LogP contribution in [0.4, 0.5) is 0 Å². The van der Waals surface area contributed by atoms with Crippen LogP contribution in [0.2, 0.25) is 0 Å². The lowest BCUT2D eigenvalue weighted by molar-refractivity contribution is 0.134. The second kappa shape index (κ2) is 9.87. The van der Waals surface area contributed by atoms with Gasteiger partial charge in [-0.05, 0) is 36.5 Å². The molecule has 1 fully saturated rings. The van der Waals surface area contributed by atoms with E-state index in [0.717, 1.165) is 25.0 Å². The van der Waals surface area contributed by atoms with E-state index in [1.165, 1.54) is 0 Å². The van der Waals surface area contributed by atoms with Gasteiger partial charge in [-0.1, -0.05) is 0 Å². The minimum absolute atomic E-state index is 0.115. The van der Waals surface area contributed by atoms with Crippen LogP contribution >= 0.6 is 0 Å². The van der Waals surface area contributed by atoms with Crippen molar-refractivity contribution in [1.82, 2.24) is 0 Å². The maximum Gasteiger partial charge on any atom is 0.264 e. The first-order valence-corrected chi connectivity index (χ1v) is 16.1. The third kappa shape index (κ3) is 11.6. The summed E-state index contributed by atoms with van der Waals surface area (Å²) in [6.45, 7) is -0.806. The molecule has 174 valence electrons. The highest BCUT2D eigenvalue weighted by molar-refractivity contribution is 7.90. The van der Waals surface area contributed by atoms with Crippen molar-refractivity contribution in [3.8, 4) is 0 Å². The molecule has 0 N–H and O–H groups in total. The molecule has 1 aliphatic carbocycles. The summed E-state index contributed by atoms with van der Waals surface area (Å²) in [5, 5.41) is 0. The Balaban J connectivity index is 3.13. The van der Waals surface area contributed by atoms with Gasteiger partial charge in [-0.3, -0.25) is 12.5 Å². The molecule has 29 heavy (non-hydrogen) atoms. The van der Waals surface area contributed by atoms with Crippen molar-refractivity contribution in [2.75, 3.05) is 50.6 Å². The van der Waals surface area contributed by atoms with Crippen LogP contribution in [0.25, 0.3) is 0 Å². The SMILES string of the molecule is CS(=O)(=O)CC[C@H]1[C@@H](COS(C)(=O)=O)C[C@@H](COS(C)(=O)=O)[C@H]1COS(C)(=O)=O. The Bertz CT molecular complexity index is 885. The molecule has 0 aromatic rings. The van der Waals surface area contributed by atoms with Gasteiger partial charge in [0.1, 0.15) is 9.84 Å². The van der Waals surface area contributed by atoms with Crippen molar-refractivity contribution < 1.29 is 46.2 Å². The van der Waals surface area contributed by atoms with Crippen molar-refractivity contribution >= 4 is 40.2 Å². The van der Waals surface area contributed by atoms with Crippen molar-refractivity contribution in [2.24, 2.45) is 23.7 Å². The van der Waals surface area contributed by atoms with E-state index in [1.807, 2.05) is 0 Å². The van der Waals surface area contributed by atoms with E-state index in [0.29, 0.717) is 0 Å². The van der Waals surface area contributed by atoms with Gasteiger partial charge >= 0.3 is 0 Å². The second-order valence-electron chi connectivity index (χ2n) is 7.47. The summed E-state index contributed by atoms with van der Waals surface area (Å²) in [5.41, 5.74) is 0. The molecule has 0 aliphatic heterocycles. The number of hydrogen-bond donors (Lipinski definition) is 0. The Morgan fingerprint density at radius 3 is 1.38 bits per heavy atom. The summed E-state index contributed by atoms with van der Waals surface area (Å²) >= 11 is 0. The smallest absolute Gasteiger partial charge is 0.264 e. The van der Waals surface area contributed by atoms with E-state index in [-0.39, 0.29) is 38.4 Å². The highest BCUT2D eigenvalue weighted by Crippen LogP contribution is 2.44. The summed E-state index contributed by atoms with van der Waals surface area (Å²) < 4.78 is 106. The summed E-state index contributed by atoms with van der Waals surface area (Å²) in [6, 6.07) is 0. The van der Waals surface area contributed by atoms with Gasteiger partial charge in [0.15, 0.2) is 0 Å². The molecule has 0 spiro atoms. The van der Waals surface area contributed by atoms with E-state index < -0.39 is 63.9 Å². The molecular weight excluding hydrogens is 472 g/mol. The Morgan fingerprint density at radius 1 is 0.621 bits per heavy atom. The van der Waals surface area contributed by atoms with Crippen molar-refractivity contribution in [3.05, 3.63) is 0 Å². The zero-order chi connectivity index (χ0) is 22.7. The molecule has 11 nitrogen and oxygen atoms in total. The molecule has 0 heterocycles. The van der Waals surface area contributed by atoms with Gasteiger partial charge in [0, 0.05) is 6.26 Å². The second-order valence-corrected chi connectivity index (χ2v) is 14.7. The van der Waals surface area contributed by atoms with Crippen molar-refractivity contribution in [3.63, 3.8) is 0 Å². The topological polar surface area (TPSA) is 164 Å². The molecular formula is C14H28O11S4. The van der Waals surface area contributed by atoms with E-state index >= 15 is 0 Å². The van der Waals surface area contributed by atoms with E-state index in [4.69, 9.17) is 12.5 Å². The molecule has 1 saturated carbocycles. The fourth-order valence-electron chi connectivity index (χ4n) is 3.50. The Labute approximate surface area is 173 Å². The normalized spacial score (nSPS) is 26.6. The first-order valence-electron chi connectivity index (χ1n) is 8.57. The van der Waals surface area contributed by atoms with Gasteiger partial charge in [0.05, 0.1) is 44.3 Å². The van der Waals surface area contributed by atoms with Crippen LogP contribution in [0.5, 0.6) is 0 Å². The molecule has 0 amide bonds. The molecule has 0 saturated heterocycles. The summed E-state index contributed by atoms with van der Waals surface area (Å²) in [5.74, 6) is -2.19. The van der Waals surface area contributed by atoms with E-state index in [9.17, 15) is 33.7 Å². The lowest BCUT2D eigenvalue weighted by Crippen LogP contribution is -2.29. The van der Waals surface area contributed by atoms with Crippen LogP contribution in [-0.2, 0) is 52.7 Å². The first kappa shape index (κ1) is 26.7. The van der Waals surface area contributed by atoms with Crippen molar-refractivity contribution in [2.45, 2.75) is 12.8 Å². The van der Waals surface area contributed by atoms with E-state index in [2.05, 4.69) is 0 Å². The lowest BCUT2D eigenvalue weighted by Gasteiger charge is -2.26. The van der Waals surface area contributed by atoms with Gasteiger partial charge in [0.25, 0.3) is 30.4 Å². The highest BCUT2D eigenvalue weighted by atomic mass is 32.2. The minimum atomic E-state index is -3.80. The van der Waals surface area contributed by atoms with Crippen LogP contribution < -0.4 is 0 Å². The fraction of sp³-hybridized carbons (Fsp3) is 1.00. The number of hydrogen-bond acceptors (Lipinski definition) is 11. The van der Waals surface area contributed by atoms with Gasteiger partial charge in [-0.25, -0.2) is 8.42 Å². The average Bonchev–Trinajstić information content (AvgIpc) is 2.81. The molecule has 0 aromatic heterocycles. The van der Waals surface area contributed by atoms with Crippen LogP contribution in [0.15, 0.2) is 0 Å². The maximum absolute atomic E-state index is 11.6. The fourth-order valence-corrected chi connectivity index (χ4v) is 5.45. The predicted molar refractivity (Wildman–Crippen MR) is 105 cm³/mol. The van der Waals surface area contributed by atoms with Crippen LogP contribution in [0, 0.1) is 23.7 Å². The summed E-state index contributed by atoms with van der Waals surface area (Å²) in [4.78, 5) is 0. The molecule has 1 aliphatic rings. The first-order chi connectivity index (χ1) is 12.9. The lowest BCUT2D eigenvalue weighted by atomic mass is 9.86. The quantitative estimate of drug-likeness (QED) is 0.309. The molecule has 1 rings (SSSR count). The maximum atomic E-state index is 11.6. The molecule has 0 aromatic carbocycles. The van der Waals surface area contributed by atoms with Gasteiger partial charge < -0.3 is 0 Å². The Morgan fingerprint density at radius 2 is 1.00 bits per heavy atom. The summed E-state index contributed by atoms with van der Waals surface area (Å²) in [6.07, 6.45) is 4.04. The zero-order valence-electron chi connectivity index (χ0n) is 16.7. The van der Waals surface area contributed by atoms with E-state index in [1.54, 1.807) is 0 Å². The Kier molecular flexibility index (Phi) is 9.09. The molecule has 15 heteroatoms. The highest BCUT2D eigenvalue weighted by Gasteiger charge is 2.44. The van der Waals surface area contributed by atoms with Crippen LogP contribution in [0.3, 0.4) is 0 Å². The average molecular weight is 501 g/mol. The van der Waals surface area contributed by atoms with Crippen LogP contribution in [0.1, 0.15) is 12.8 Å². The predicted octanol–water partition coefficient (Wildman–Crippen LogP) is -0.782. The third-order valence-electron chi connectivity index (χ3n) is 4.66. The van der Waals surface area contributed by atoms with Crippen molar-refractivity contribution in [1.29, 1.82) is 0 Å². The standard InChI is InChI=1S/C14H28O11S4/c1-26(15,16)6-5-13-11(8-23-27(2,17)18)7-12(9-24-28(3,19)20)14(13)10-25-29(4,21)22/h11-14H,5-10H2,1-4H3/t11-,12+,13+,14-/m1/s1. The Hall–Kier alpha value is -0.320. The van der Waals surface area contributed by atoms with Gasteiger partial charge in [0.2, 0.25) is 0 Å². The minimum Gasteiger partial charge on any atom is -0.270 e. The largest absolute Gasteiger partial charge is 0.270 e. The van der Waals surface area contributed by atoms with Gasteiger partial charge in [-0.2, -0.15) is 25.3 Å². The van der Waals surface area contributed by atoms with Gasteiger partial charge in [-0.15, -0.1) is 0 Å². The third-order valence-corrected chi connectivity index (χ3v) is 7.33. The van der Waals surface area contributed by atoms with Crippen LogP contribution in [-0.4, -0.2) is 84.3 Å². The molecule has 0 unspecified atom stereocenters. The summed E-state index contributed by atoms with van der Waals surface area (Å²) in [7, 11) is -14.7. The molecule has 4 atom stereocenters. The number of sulfone groups is 1. The molecule has 0 radical (unpaired) electrons. The number of rotatable bonds is 12. The molecule has 0 bridgehead atoms.